The molecule has 31 heavy (non-hydrogen) atoms. The Kier molecular flexibility index (Phi) is 5.86. The summed E-state index contributed by atoms with van der Waals surface area (Å²) >= 11 is 0. The molecular weight excluding hydrogens is 380 g/mol. The van der Waals surface area contributed by atoms with E-state index in [4.69, 9.17) is 4.42 Å². The molecule has 0 atom stereocenters. The molecule has 1 N–H and O–H groups in total. The van der Waals surface area contributed by atoms with E-state index in [2.05, 4.69) is 100 Å². The average molecular weight is 413 g/mol. The third-order valence-electron chi connectivity index (χ3n) is 5.93. The summed E-state index contributed by atoms with van der Waals surface area (Å²) in [5, 5.41) is 5.62. The maximum absolute atomic E-state index is 6.49. The monoisotopic (exact) mass is 412 g/mol. The Morgan fingerprint density at radius 3 is 2.42 bits per heavy atom. The van der Waals surface area contributed by atoms with Crippen molar-refractivity contribution in [3.05, 3.63) is 70.6 Å². The second-order valence-corrected chi connectivity index (χ2v) is 8.52. The van der Waals surface area contributed by atoms with Crippen molar-refractivity contribution in [1.82, 2.24) is 0 Å². The van der Waals surface area contributed by atoms with Crippen LogP contribution in [0.4, 0.5) is 5.69 Å². The molecule has 1 aliphatic heterocycles. The van der Waals surface area contributed by atoms with Crippen molar-refractivity contribution in [3.63, 3.8) is 0 Å². The number of aryl methyl sites for hydroxylation is 2. The van der Waals surface area contributed by atoms with E-state index < -0.39 is 0 Å². The Morgan fingerprint density at radius 2 is 1.71 bits per heavy atom. The SMILES string of the molecule is CC/N=c1/cc2oc3cc(NCC)c(C)cc3c(-c3ccccc3C(C)C)c-2cc1C. The summed E-state index contributed by atoms with van der Waals surface area (Å²) in [7, 11) is 0. The predicted molar refractivity (Wildman–Crippen MR) is 132 cm³/mol. The van der Waals surface area contributed by atoms with Gasteiger partial charge in [-0.05, 0) is 68.0 Å². The van der Waals surface area contributed by atoms with Crippen LogP contribution in [0.1, 0.15) is 50.3 Å². The van der Waals surface area contributed by atoms with Gasteiger partial charge in [0.2, 0.25) is 0 Å². The normalized spacial score (nSPS) is 12.3. The summed E-state index contributed by atoms with van der Waals surface area (Å²) in [4.78, 5) is 4.67. The van der Waals surface area contributed by atoms with Gasteiger partial charge in [0.1, 0.15) is 11.3 Å². The van der Waals surface area contributed by atoms with Crippen molar-refractivity contribution in [1.29, 1.82) is 0 Å². The molecule has 0 saturated heterocycles. The molecule has 2 aromatic carbocycles. The fourth-order valence-electron chi connectivity index (χ4n) is 4.43. The molecule has 4 rings (SSSR count). The lowest BCUT2D eigenvalue weighted by Gasteiger charge is -2.21. The molecule has 0 aromatic heterocycles. The molecule has 0 fully saturated rings. The molecule has 2 aliphatic rings. The van der Waals surface area contributed by atoms with Crippen LogP contribution in [0.15, 0.2) is 57.9 Å². The molecule has 0 amide bonds. The molecule has 0 saturated carbocycles. The van der Waals surface area contributed by atoms with Gasteiger partial charge < -0.3 is 9.73 Å². The lowest BCUT2D eigenvalue weighted by molar-refractivity contribution is 0.618. The molecule has 0 radical (unpaired) electrons. The van der Waals surface area contributed by atoms with Gasteiger partial charge in [0.15, 0.2) is 0 Å². The molecule has 3 nitrogen and oxygen atoms in total. The number of fused-ring (bicyclic) bond motifs is 2. The standard InChI is InChI=1S/C28H32N2O/c1-7-29-24-15-26-22(13-18(24)5)28(21-12-10-9-11-20(21)17(3)4)23-14-19(6)25(30-8-2)16-27(23)31-26/h9-17,29H,7-8H2,1-6H3/b30-25-. The van der Waals surface area contributed by atoms with Crippen molar-refractivity contribution in [2.45, 2.75) is 47.5 Å². The number of hydrogen-bond donors (Lipinski definition) is 1. The number of nitrogens with zero attached hydrogens (tertiary/aromatic N) is 1. The first-order valence-corrected chi connectivity index (χ1v) is 11.3. The summed E-state index contributed by atoms with van der Waals surface area (Å²) < 4.78 is 6.49. The Labute approximate surface area is 185 Å². The lowest BCUT2D eigenvalue weighted by Crippen LogP contribution is -2.09. The minimum Gasteiger partial charge on any atom is -0.456 e. The third kappa shape index (κ3) is 3.85. The number of benzene rings is 3. The van der Waals surface area contributed by atoms with Gasteiger partial charge in [-0.2, -0.15) is 0 Å². The minimum absolute atomic E-state index is 0.427. The number of hydrogen-bond acceptors (Lipinski definition) is 3. The van der Waals surface area contributed by atoms with Crippen LogP contribution >= 0.6 is 0 Å². The van der Waals surface area contributed by atoms with Crippen LogP contribution < -0.4 is 10.7 Å². The third-order valence-corrected chi connectivity index (χ3v) is 5.93. The van der Waals surface area contributed by atoms with E-state index in [1.165, 1.54) is 27.8 Å². The molecule has 0 spiro atoms. The van der Waals surface area contributed by atoms with Crippen LogP contribution in [-0.2, 0) is 0 Å². The molecule has 160 valence electrons. The van der Waals surface area contributed by atoms with Crippen molar-refractivity contribution < 1.29 is 4.42 Å². The predicted octanol–water partition coefficient (Wildman–Crippen LogP) is 7.30. The van der Waals surface area contributed by atoms with Gasteiger partial charge in [0, 0.05) is 47.4 Å². The van der Waals surface area contributed by atoms with E-state index in [0.29, 0.717) is 5.92 Å². The number of anilines is 1. The summed E-state index contributed by atoms with van der Waals surface area (Å²) in [5.74, 6) is 1.31. The van der Waals surface area contributed by atoms with Crippen LogP contribution in [0, 0.1) is 13.8 Å². The van der Waals surface area contributed by atoms with Gasteiger partial charge in [0.05, 0.1) is 5.36 Å². The largest absolute Gasteiger partial charge is 0.456 e. The van der Waals surface area contributed by atoms with Gasteiger partial charge in [-0.25, -0.2) is 0 Å². The summed E-state index contributed by atoms with van der Waals surface area (Å²) in [5.41, 5.74) is 9.43. The number of nitrogens with one attached hydrogen (secondary N) is 1. The number of rotatable bonds is 5. The van der Waals surface area contributed by atoms with Crippen molar-refractivity contribution in [2.24, 2.45) is 4.99 Å². The molecule has 3 heteroatoms. The van der Waals surface area contributed by atoms with Crippen LogP contribution in [-0.4, -0.2) is 13.1 Å². The summed E-state index contributed by atoms with van der Waals surface area (Å²) in [6.07, 6.45) is 0. The van der Waals surface area contributed by atoms with Crippen molar-refractivity contribution in [2.75, 3.05) is 18.4 Å². The van der Waals surface area contributed by atoms with Crippen LogP contribution in [0.25, 0.3) is 33.4 Å². The Hall–Kier alpha value is -3.07. The summed E-state index contributed by atoms with van der Waals surface area (Å²) in [6.45, 7) is 14.6. The van der Waals surface area contributed by atoms with Crippen molar-refractivity contribution >= 4 is 16.7 Å². The Morgan fingerprint density at radius 1 is 0.935 bits per heavy atom. The average Bonchev–Trinajstić information content (AvgIpc) is 2.74. The maximum Gasteiger partial charge on any atom is 0.137 e. The van der Waals surface area contributed by atoms with Gasteiger partial charge in [-0.15, -0.1) is 0 Å². The fraction of sp³-hybridized carbons (Fsp3) is 0.321. The molecule has 0 bridgehead atoms. The van der Waals surface area contributed by atoms with E-state index in [1.807, 2.05) is 0 Å². The zero-order valence-electron chi connectivity index (χ0n) is 19.5. The minimum atomic E-state index is 0.427. The van der Waals surface area contributed by atoms with Gasteiger partial charge >= 0.3 is 0 Å². The van der Waals surface area contributed by atoms with E-state index in [-0.39, 0.29) is 0 Å². The fourth-order valence-corrected chi connectivity index (χ4v) is 4.43. The molecule has 1 heterocycles. The van der Waals surface area contributed by atoms with Gasteiger partial charge in [-0.3, -0.25) is 4.99 Å². The van der Waals surface area contributed by atoms with E-state index in [9.17, 15) is 0 Å². The zero-order valence-corrected chi connectivity index (χ0v) is 19.5. The van der Waals surface area contributed by atoms with Gasteiger partial charge in [0.25, 0.3) is 0 Å². The van der Waals surface area contributed by atoms with Crippen molar-refractivity contribution in [3.8, 4) is 22.5 Å². The van der Waals surface area contributed by atoms with Crippen LogP contribution in [0.2, 0.25) is 0 Å². The highest BCUT2D eigenvalue weighted by Crippen LogP contribution is 2.43. The highest BCUT2D eigenvalue weighted by molar-refractivity contribution is 6.04. The Balaban J connectivity index is 2.19. The van der Waals surface area contributed by atoms with E-state index in [0.717, 1.165) is 46.4 Å². The highest BCUT2D eigenvalue weighted by atomic mass is 16.3. The quantitative estimate of drug-likeness (QED) is 0.349. The van der Waals surface area contributed by atoms with E-state index >= 15 is 0 Å². The topological polar surface area (TPSA) is 37.5 Å². The highest BCUT2D eigenvalue weighted by Gasteiger charge is 2.21. The first-order chi connectivity index (χ1) is 14.9. The molecule has 1 aliphatic carbocycles. The van der Waals surface area contributed by atoms with E-state index in [1.54, 1.807) is 0 Å². The summed E-state index contributed by atoms with van der Waals surface area (Å²) in [6, 6.07) is 17.5. The van der Waals surface area contributed by atoms with Crippen LogP contribution in [0.3, 0.4) is 0 Å². The zero-order chi connectivity index (χ0) is 22.1. The maximum atomic E-state index is 6.49. The van der Waals surface area contributed by atoms with Crippen LogP contribution in [0.5, 0.6) is 0 Å². The first kappa shape index (κ1) is 21.2. The van der Waals surface area contributed by atoms with Gasteiger partial charge in [-0.1, -0.05) is 38.1 Å². The second kappa shape index (κ2) is 8.58. The molecular formula is C28H32N2O. The molecule has 0 unspecified atom stereocenters. The smallest absolute Gasteiger partial charge is 0.137 e. The second-order valence-electron chi connectivity index (χ2n) is 8.52. The Bertz CT molecular complexity index is 1280. The lowest BCUT2D eigenvalue weighted by atomic mass is 9.86. The molecule has 2 aromatic rings. The first-order valence-electron chi connectivity index (χ1n) is 11.3.